The van der Waals surface area contributed by atoms with Gasteiger partial charge in [0.15, 0.2) is 6.61 Å². The van der Waals surface area contributed by atoms with Crippen molar-refractivity contribution in [1.29, 1.82) is 0 Å². The molecule has 1 atom stereocenters. The van der Waals surface area contributed by atoms with Crippen LogP contribution in [-0.4, -0.2) is 48.3 Å². The van der Waals surface area contributed by atoms with Crippen LogP contribution in [0.2, 0.25) is 0 Å². The molecule has 0 aliphatic carbocycles. The second-order valence-electron chi connectivity index (χ2n) is 6.90. The molecule has 3 rings (SSSR count). The number of amides is 3. The predicted octanol–water partition coefficient (Wildman–Crippen LogP) is 1.67. The van der Waals surface area contributed by atoms with Gasteiger partial charge in [-0.2, -0.15) is 0 Å². The first-order valence-corrected chi connectivity index (χ1v) is 9.35. The summed E-state index contributed by atoms with van der Waals surface area (Å²) in [6, 6.07) is 16.5. The fraction of sp³-hybridized carbons (Fsp3) is 0.273. The molecule has 2 aromatic rings. The smallest absolute Gasteiger partial charge is 0.326 e. The lowest BCUT2D eigenvalue weighted by molar-refractivity contribution is -0.151. The van der Waals surface area contributed by atoms with Gasteiger partial charge in [-0.25, -0.2) is 0 Å². The van der Waals surface area contributed by atoms with Crippen LogP contribution in [0.1, 0.15) is 34.3 Å². The molecule has 150 valence electrons. The van der Waals surface area contributed by atoms with Gasteiger partial charge in [0, 0.05) is 12.1 Å². The van der Waals surface area contributed by atoms with Gasteiger partial charge in [-0.05, 0) is 23.1 Å². The van der Waals surface area contributed by atoms with Gasteiger partial charge in [0.1, 0.15) is 6.54 Å². The summed E-state index contributed by atoms with van der Waals surface area (Å²) < 4.78 is 4.93. The van der Waals surface area contributed by atoms with E-state index in [0.717, 1.165) is 10.5 Å². The molecule has 29 heavy (non-hydrogen) atoms. The molecule has 3 amide bonds. The van der Waals surface area contributed by atoms with Crippen LogP contribution in [0.25, 0.3) is 0 Å². The number of rotatable bonds is 7. The number of carbonyl (C=O) groups excluding carboxylic acids is 4. The van der Waals surface area contributed by atoms with Crippen molar-refractivity contribution in [2.24, 2.45) is 0 Å². The molecule has 1 N–H and O–H groups in total. The van der Waals surface area contributed by atoms with Gasteiger partial charge in [-0.1, -0.05) is 55.5 Å². The third kappa shape index (κ3) is 5.07. The maximum Gasteiger partial charge on any atom is 0.326 e. The molecule has 1 aliphatic rings. The first kappa shape index (κ1) is 20.3. The second kappa shape index (κ2) is 9.14. The maximum atomic E-state index is 12.4. The van der Waals surface area contributed by atoms with Crippen molar-refractivity contribution in [3.63, 3.8) is 0 Å². The third-order valence-corrected chi connectivity index (χ3v) is 4.76. The van der Waals surface area contributed by atoms with Crippen molar-refractivity contribution < 1.29 is 23.9 Å². The zero-order valence-electron chi connectivity index (χ0n) is 16.1. The summed E-state index contributed by atoms with van der Waals surface area (Å²) in [6.45, 7) is 1.40. The van der Waals surface area contributed by atoms with Crippen LogP contribution in [0.3, 0.4) is 0 Å². The molecule has 0 unspecified atom stereocenters. The highest BCUT2D eigenvalue weighted by atomic mass is 16.5. The Morgan fingerprint density at radius 3 is 2.52 bits per heavy atom. The van der Waals surface area contributed by atoms with Gasteiger partial charge in [-0.15, -0.1) is 0 Å². The highest BCUT2D eigenvalue weighted by molar-refractivity contribution is 6.11. The molecule has 7 nitrogen and oxygen atoms in total. The number of fused-ring (bicyclic) bond motifs is 1. The molecule has 2 aromatic carbocycles. The van der Waals surface area contributed by atoms with Crippen LogP contribution in [0.4, 0.5) is 0 Å². The van der Waals surface area contributed by atoms with Crippen LogP contribution in [0.5, 0.6) is 0 Å². The summed E-state index contributed by atoms with van der Waals surface area (Å²) in [5.74, 6) is -2.14. The maximum absolute atomic E-state index is 12.4. The largest absolute Gasteiger partial charge is 0.454 e. The summed E-state index contributed by atoms with van der Waals surface area (Å²) in [6.07, 6.45) is 0.0487. The average molecular weight is 394 g/mol. The fourth-order valence-electron chi connectivity index (χ4n) is 3.10. The minimum atomic E-state index is -0.808. The molecular weight excluding hydrogens is 372 g/mol. The van der Waals surface area contributed by atoms with E-state index in [1.165, 1.54) is 0 Å². The first-order chi connectivity index (χ1) is 14.0. The van der Waals surface area contributed by atoms with Gasteiger partial charge in [0.05, 0.1) is 6.42 Å². The monoisotopic (exact) mass is 394 g/mol. The molecule has 0 radical (unpaired) electrons. The first-order valence-electron chi connectivity index (χ1n) is 9.35. The van der Waals surface area contributed by atoms with E-state index in [2.05, 4.69) is 5.32 Å². The van der Waals surface area contributed by atoms with Gasteiger partial charge in [-0.3, -0.25) is 24.1 Å². The van der Waals surface area contributed by atoms with E-state index in [4.69, 9.17) is 4.74 Å². The molecule has 1 heterocycles. The minimum Gasteiger partial charge on any atom is -0.454 e. The highest BCUT2D eigenvalue weighted by Gasteiger charge is 2.32. The van der Waals surface area contributed by atoms with E-state index in [-0.39, 0.29) is 12.3 Å². The van der Waals surface area contributed by atoms with Gasteiger partial charge < -0.3 is 10.1 Å². The number of nitrogens with one attached hydrogen (secondary N) is 1. The van der Waals surface area contributed by atoms with Crippen LogP contribution >= 0.6 is 0 Å². The Morgan fingerprint density at radius 1 is 1.07 bits per heavy atom. The number of esters is 1. The van der Waals surface area contributed by atoms with E-state index < -0.39 is 36.8 Å². The van der Waals surface area contributed by atoms with Crippen molar-refractivity contribution in [2.45, 2.75) is 19.3 Å². The molecule has 0 spiro atoms. The summed E-state index contributed by atoms with van der Waals surface area (Å²) in [7, 11) is 0. The van der Waals surface area contributed by atoms with E-state index in [1.54, 1.807) is 24.3 Å². The lowest BCUT2D eigenvalue weighted by Crippen LogP contribution is -2.45. The summed E-state index contributed by atoms with van der Waals surface area (Å²) in [5.41, 5.74) is 2.12. The Morgan fingerprint density at radius 2 is 1.76 bits per heavy atom. The van der Waals surface area contributed by atoms with E-state index in [0.29, 0.717) is 17.7 Å². The van der Waals surface area contributed by atoms with Crippen LogP contribution < -0.4 is 5.32 Å². The van der Waals surface area contributed by atoms with Crippen LogP contribution in [-0.2, 0) is 25.5 Å². The number of benzene rings is 2. The standard InChI is InChI=1S/C22H22N2O5/c1-15(16-7-3-2-4-8-16)12-23-19(25)14-29-21(27)13-24-20(26)11-17-9-5-6-10-18(17)22(24)28/h2-10,15H,11-14H2,1H3,(H,23,25)/t15-/m0/s1. The van der Waals surface area contributed by atoms with Crippen LogP contribution in [0, 0.1) is 0 Å². The zero-order valence-corrected chi connectivity index (χ0v) is 16.1. The molecule has 0 saturated heterocycles. The molecule has 0 fully saturated rings. The van der Waals surface area contributed by atoms with Crippen LogP contribution in [0.15, 0.2) is 54.6 Å². The number of nitrogens with zero attached hydrogens (tertiary/aromatic N) is 1. The Hall–Kier alpha value is -3.48. The lowest BCUT2D eigenvalue weighted by atomic mass is 9.98. The van der Waals surface area contributed by atoms with Crippen molar-refractivity contribution in [3.8, 4) is 0 Å². The predicted molar refractivity (Wildman–Crippen MR) is 105 cm³/mol. The number of imide groups is 1. The van der Waals surface area contributed by atoms with Crippen molar-refractivity contribution in [2.75, 3.05) is 19.7 Å². The molecule has 7 heteroatoms. The number of hydrogen-bond acceptors (Lipinski definition) is 5. The molecule has 0 bridgehead atoms. The van der Waals surface area contributed by atoms with Crippen molar-refractivity contribution in [1.82, 2.24) is 10.2 Å². The molecule has 0 saturated carbocycles. The Bertz CT molecular complexity index is 926. The van der Waals surface area contributed by atoms with E-state index in [9.17, 15) is 19.2 Å². The second-order valence-corrected chi connectivity index (χ2v) is 6.90. The van der Waals surface area contributed by atoms with Gasteiger partial charge in [0.25, 0.3) is 11.8 Å². The third-order valence-electron chi connectivity index (χ3n) is 4.76. The van der Waals surface area contributed by atoms with Gasteiger partial charge in [0.2, 0.25) is 5.91 Å². The minimum absolute atomic E-state index is 0.0487. The number of ether oxygens (including phenoxy) is 1. The zero-order chi connectivity index (χ0) is 20.8. The SMILES string of the molecule is C[C@@H](CNC(=O)COC(=O)CN1C(=O)Cc2ccccc2C1=O)c1ccccc1. The summed E-state index contributed by atoms with van der Waals surface area (Å²) in [5, 5.41) is 2.71. The topological polar surface area (TPSA) is 92.8 Å². The normalized spacial score (nSPS) is 14.2. The van der Waals surface area contributed by atoms with Crippen molar-refractivity contribution in [3.05, 3.63) is 71.3 Å². The molecule has 0 aromatic heterocycles. The highest BCUT2D eigenvalue weighted by Crippen LogP contribution is 2.19. The quantitative estimate of drug-likeness (QED) is 0.570. The molecule has 1 aliphatic heterocycles. The Balaban J connectivity index is 1.45. The Labute approximate surface area is 168 Å². The van der Waals surface area contributed by atoms with Gasteiger partial charge >= 0.3 is 5.97 Å². The Kier molecular flexibility index (Phi) is 6.39. The number of carbonyl (C=O) groups is 4. The fourth-order valence-corrected chi connectivity index (χ4v) is 3.10. The summed E-state index contributed by atoms with van der Waals surface area (Å²) >= 11 is 0. The summed E-state index contributed by atoms with van der Waals surface area (Å²) in [4.78, 5) is 49.4. The number of hydrogen-bond donors (Lipinski definition) is 1. The average Bonchev–Trinajstić information content (AvgIpc) is 2.74. The van der Waals surface area contributed by atoms with E-state index in [1.807, 2.05) is 37.3 Å². The van der Waals surface area contributed by atoms with E-state index >= 15 is 0 Å². The lowest BCUT2D eigenvalue weighted by Gasteiger charge is -2.25. The van der Waals surface area contributed by atoms with Crippen molar-refractivity contribution >= 4 is 23.7 Å². The molecular formula is C22H22N2O5.